The Morgan fingerprint density at radius 1 is 0.962 bits per heavy atom. The van der Waals surface area contributed by atoms with Gasteiger partial charge in [-0.25, -0.2) is 0 Å². The van der Waals surface area contributed by atoms with Crippen molar-refractivity contribution in [3.8, 4) is 0 Å². The Hall–Kier alpha value is -0.200. The minimum Gasteiger partial charge on any atom is -0.395 e. The number of piperidine rings is 1. The van der Waals surface area contributed by atoms with E-state index in [4.69, 9.17) is 4.74 Å². The Balaban J connectivity index is 1.14. The lowest BCUT2D eigenvalue weighted by Crippen LogP contribution is -2.56. The Morgan fingerprint density at radius 3 is 2.23 bits per heavy atom. The SMILES string of the molecule is OC[C@@H]1[C@@H](O)[C@H](O)CCN1CCCCOCC12CC3CC(CC(C3)C1)C2. The van der Waals surface area contributed by atoms with Crippen molar-refractivity contribution in [2.75, 3.05) is 32.9 Å². The van der Waals surface area contributed by atoms with Gasteiger partial charge in [0.1, 0.15) is 0 Å². The molecule has 0 aromatic heterocycles. The van der Waals surface area contributed by atoms with Crippen molar-refractivity contribution in [3.05, 3.63) is 0 Å². The van der Waals surface area contributed by atoms with Crippen molar-refractivity contribution >= 4 is 0 Å². The van der Waals surface area contributed by atoms with Crippen LogP contribution in [0, 0.1) is 23.2 Å². The molecule has 5 fully saturated rings. The van der Waals surface area contributed by atoms with Crippen LogP contribution in [0.1, 0.15) is 57.8 Å². The number of nitrogens with zero attached hydrogens (tertiary/aromatic N) is 1. The van der Waals surface area contributed by atoms with Gasteiger partial charge in [0, 0.05) is 13.2 Å². The molecule has 150 valence electrons. The van der Waals surface area contributed by atoms with E-state index in [1.54, 1.807) is 0 Å². The van der Waals surface area contributed by atoms with Crippen molar-refractivity contribution in [2.45, 2.75) is 76.0 Å². The number of ether oxygens (including phenoxy) is 1. The van der Waals surface area contributed by atoms with E-state index in [1.807, 2.05) is 0 Å². The van der Waals surface area contributed by atoms with E-state index in [9.17, 15) is 15.3 Å². The molecule has 0 spiro atoms. The van der Waals surface area contributed by atoms with Crippen molar-refractivity contribution in [1.82, 2.24) is 4.90 Å². The highest BCUT2D eigenvalue weighted by atomic mass is 16.5. The third-order valence-corrected chi connectivity index (χ3v) is 7.71. The van der Waals surface area contributed by atoms with Gasteiger partial charge in [-0.2, -0.15) is 0 Å². The molecular formula is C21H37NO4. The standard InChI is InChI=1S/C21H37NO4/c23-13-18-20(25)19(24)3-5-22(18)4-1-2-6-26-14-21-10-15-7-16(11-21)9-17(8-15)12-21/h15-20,23-25H,1-14H2/t15?,16?,17?,18-,19-,20-,21?/m1/s1. The van der Waals surface area contributed by atoms with Gasteiger partial charge in [0.2, 0.25) is 0 Å². The second-order valence-corrected chi connectivity index (χ2v) is 9.81. The Labute approximate surface area is 157 Å². The third kappa shape index (κ3) is 3.97. The molecule has 3 N–H and O–H groups in total. The molecule has 5 nitrogen and oxygen atoms in total. The molecule has 5 heteroatoms. The van der Waals surface area contributed by atoms with Crippen molar-refractivity contribution in [3.63, 3.8) is 0 Å². The van der Waals surface area contributed by atoms with Gasteiger partial charge >= 0.3 is 0 Å². The molecule has 3 atom stereocenters. The Kier molecular flexibility index (Phi) is 5.92. The van der Waals surface area contributed by atoms with E-state index >= 15 is 0 Å². The molecule has 0 radical (unpaired) electrons. The number of likely N-dealkylation sites (tertiary alicyclic amines) is 1. The second kappa shape index (κ2) is 8.04. The fourth-order valence-electron chi connectivity index (χ4n) is 6.88. The Bertz CT molecular complexity index is 436. The molecule has 0 amide bonds. The highest BCUT2D eigenvalue weighted by molar-refractivity contribution is 5.01. The van der Waals surface area contributed by atoms with E-state index in [0.29, 0.717) is 11.8 Å². The number of aliphatic hydroxyl groups excluding tert-OH is 3. The molecule has 26 heavy (non-hydrogen) atoms. The second-order valence-electron chi connectivity index (χ2n) is 9.81. The topological polar surface area (TPSA) is 73.2 Å². The van der Waals surface area contributed by atoms with Crippen molar-refractivity contribution in [1.29, 1.82) is 0 Å². The van der Waals surface area contributed by atoms with Crippen LogP contribution in [0.3, 0.4) is 0 Å². The van der Waals surface area contributed by atoms with Gasteiger partial charge < -0.3 is 20.1 Å². The number of rotatable bonds is 8. The van der Waals surface area contributed by atoms with E-state index in [2.05, 4.69) is 4.90 Å². The van der Waals surface area contributed by atoms with Crippen LogP contribution in [0.25, 0.3) is 0 Å². The molecule has 5 rings (SSSR count). The fraction of sp³-hybridized carbons (Fsp3) is 1.00. The summed E-state index contributed by atoms with van der Waals surface area (Å²) in [6.07, 6.45) is 9.78. The first-order valence-corrected chi connectivity index (χ1v) is 10.9. The number of unbranched alkanes of at least 4 members (excludes halogenated alkanes) is 1. The summed E-state index contributed by atoms with van der Waals surface area (Å²) < 4.78 is 6.14. The molecule has 1 heterocycles. The molecule has 1 saturated heterocycles. The van der Waals surface area contributed by atoms with E-state index in [0.717, 1.165) is 56.9 Å². The van der Waals surface area contributed by atoms with E-state index < -0.39 is 12.2 Å². The maximum atomic E-state index is 10.0. The van der Waals surface area contributed by atoms with Crippen LogP contribution in [0.5, 0.6) is 0 Å². The van der Waals surface area contributed by atoms with Gasteiger partial charge in [-0.15, -0.1) is 0 Å². The zero-order chi connectivity index (χ0) is 18.1. The zero-order valence-corrected chi connectivity index (χ0v) is 16.1. The predicted octanol–water partition coefficient (Wildman–Crippen LogP) is 1.79. The van der Waals surface area contributed by atoms with Gasteiger partial charge in [-0.1, -0.05) is 0 Å². The van der Waals surface area contributed by atoms with Crippen LogP contribution in [0.4, 0.5) is 0 Å². The maximum absolute atomic E-state index is 10.0. The summed E-state index contributed by atoms with van der Waals surface area (Å²) in [5.74, 6) is 2.96. The molecule has 1 aliphatic heterocycles. The largest absolute Gasteiger partial charge is 0.395 e. The first-order chi connectivity index (χ1) is 12.6. The lowest BCUT2D eigenvalue weighted by Gasteiger charge is -2.56. The number of hydrogen-bond acceptors (Lipinski definition) is 5. The minimum atomic E-state index is -0.832. The molecule has 0 aromatic carbocycles. The summed E-state index contributed by atoms with van der Waals surface area (Å²) in [4.78, 5) is 2.12. The first kappa shape index (κ1) is 19.1. The fourth-order valence-corrected chi connectivity index (χ4v) is 6.88. The smallest absolute Gasteiger partial charge is 0.0976 e. The summed E-state index contributed by atoms with van der Waals surface area (Å²) >= 11 is 0. The zero-order valence-electron chi connectivity index (χ0n) is 16.1. The number of aliphatic hydroxyl groups is 3. The number of hydrogen-bond donors (Lipinski definition) is 3. The third-order valence-electron chi connectivity index (χ3n) is 7.71. The first-order valence-electron chi connectivity index (χ1n) is 10.9. The summed E-state index contributed by atoms with van der Waals surface area (Å²) in [7, 11) is 0. The summed E-state index contributed by atoms with van der Waals surface area (Å²) in [5, 5.41) is 29.3. The van der Waals surface area contributed by atoms with Crippen LogP contribution in [0.15, 0.2) is 0 Å². The highest BCUT2D eigenvalue weighted by Crippen LogP contribution is 2.60. The van der Waals surface area contributed by atoms with Crippen LogP contribution in [-0.2, 0) is 4.74 Å². The van der Waals surface area contributed by atoms with Gasteiger partial charge in [0.05, 0.1) is 31.5 Å². The average molecular weight is 368 g/mol. The van der Waals surface area contributed by atoms with Gasteiger partial charge in [-0.05, 0) is 87.5 Å². The van der Waals surface area contributed by atoms with Crippen LogP contribution in [0.2, 0.25) is 0 Å². The van der Waals surface area contributed by atoms with Gasteiger partial charge in [-0.3, -0.25) is 4.90 Å². The predicted molar refractivity (Wildman–Crippen MR) is 99.7 cm³/mol. The van der Waals surface area contributed by atoms with Crippen molar-refractivity contribution < 1.29 is 20.1 Å². The summed E-state index contributed by atoms with van der Waals surface area (Å²) in [5.41, 5.74) is 0.504. The van der Waals surface area contributed by atoms with Crippen molar-refractivity contribution in [2.24, 2.45) is 23.2 Å². The Morgan fingerprint density at radius 2 is 1.62 bits per heavy atom. The molecule has 4 saturated carbocycles. The lowest BCUT2D eigenvalue weighted by atomic mass is 9.50. The lowest BCUT2D eigenvalue weighted by molar-refractivity contribution is -0.0982. The normalized spacial score (nSPS) is 45.3. The molecule has 5 aliphatic rings. The van der Waals surface area contributed by atoms with Crippen LogP contribution in [-0.4, -0.2) is 71.4 Å². The molecule has 0 aromatic rings. The summed E-state index contributed by atoms with van der Waals surface area (Å²) in [6, 6.07) is -0.327. The van der Waals surface area contributed by atoms with Gasteiger partial charge in [0.25, 0.3) is 0 Å². The molecule has 4 bridgehead atoms. The van der Waals surface area contributed by atoms with Crippen LogP contribution >= 0.6 is 0 Å². The molecule has 0 unspecified atom stereocenters. The highest BCUT2D eigenvalue weighted by Gasteiger charge is 2.50. The quantitative estimate of drug-likeness (QED) is 0.571. The summed E-state index contributed by atoms with van der Waals surface area (Å²) in [6.45, 7) is 3.29. The monoisotopic (exact) mass is 367 g/mol. The van der Waals surface area contributed by atoms with Crippen LogP contribution < -0.4 is 0 Å². The molecule has 4 aliphatic carbocycles. The maximum Gasteiger partial charge on any atom is 0.0976 e. The van der Waals surface area contributed by atoms with E-state index in [-0.39, 0.29) is 12.6 Å². The van der Waals surface area contributed by atoms with E-state index in [1.165, 1.54) is 38.5 Å². The average Bonchev–Trinajstić information content (AvgIpc) is 2.60. The van der Waals surface area contributed by atoms with Gasteiger partial charge in [0.15, 0.2) is 0 Å². The minimum absolute atomic E-state index is 0.0965. The molecular weight excluding hydrogens is 330 g/mol.